The van der Waals surface area contributed by atoms with Crippen molar-refractivity contribution in [1.82, 2.24) is 20.1 Å². The number of amides is 1. The zero-order valence-electron chi connectivity index (χ0n) is 15.6. The SMILES string of the molecule is CCNC(=NCc1ccnc(OC)c1)N1CCN(C(=O)OCC)CC1.I. The van der Waals surface area contributed by atoms with Crippen molar-refractivity contribution in [3.8, 4) is 5.88 Å². The smallest absolute Gasteiger partial charge is 0.409 e. The predicted molar refractivity (Wildman–Crippen MR) is 111 cm³/mol. The maximum Gasteiger partial charge on any atom is 0.409 e. The molecule has 26 heavy (non-hydrogen) atoms. The Kier molecular flexibility index (Phi) is 10.1. The average Bonchev–Trinajstić information content (AvgIpc) is 2.65. The van der Waals surface area contributed by atoms with Crippen LogP contribution in [0.15, 0.2) is 23.3 Å². The molecule has 1 aliphatic rings. The van der Waals surface area contributed by atoms with Crippen LogP contribution in [0.3, 0.4) is 0 Å². The quantitative estimate of drug-likeness (QED) is 0.397. The minimum absolute atomic E-state index is 0. The van der Waals surface area contributed by atoms with Gasteiger partial charge >= 0.3 is 6.09 Å². The van der Waals surface area contributed by atoms with Gasteiger partial charge in [-0.3, -0.25) is 0 Å². The number of aliphatic imine (C=N–C) groups is 1. The lowest BCUT2D eigenvalue weighted by Gasteiger charge is -2.35. The summed E-state index contributed by atoms with van der Waals surface area (Å²) >= 11 is 0. The molecular formula is C17H28IN5O3. The van der Waals surface area contributed by atoms with Crippen molar-refractivity contribution in [1.29, 1.82) is 0 Å². The first-order valence-corrected chi connectivity index (χ1v) is 8.61. The minimum Gasteiger partial charge on any atom is -0.481 e. The fourth-order valence-electron chi connectivity index (χ4n) is 2.57. The van der Waals surface area contributed by atoms with E-state index in [1.165, 1.54) is 0 Å². The number of rotatable bonds is 5. The van der Waals surface area contributed by atoms with Crippen LogP contribution in [0.4, 0.5) is 4.79 Å². The molecule has 0 aliphatic carbocycles. The van der Waals surface area contributed by atoms with Gasteiger partial charge in [0.15, 0.2) is 5.96 Å². The second-order valence-corrected chi connectivity index (χ2v) is 5.55. The van der Waals surface area contributed by atoms with Crippen molar-refractivity contribution in [3.05, 3.63) is 23.9 Å². The molecule has 1 aromatic rings. The van der Waals surface area contributed by atoms with Gasteiger partial charge < -0.3 is 24.6 Å². The van der Waals surface area contributed by atoms with Crippen LogP contribution in [-0.4, -0.2) is 73.3 Å². The van der Waals surface area contributed by atoms with Gasteiger partial charge in [-0.15, -0.1) is 24.0 Å². The van der Waals surface area contributed by atoms with E-state index in [0.29, 0.717) is 32.1 Å². The maximum absolute atomic E-state index is 11.8. The third-order valence-electron chi connectivity index (χ3n) is 3.86. The fourth-order valence-corrected chi connectivity index (χ4v) is 2.57. The Bertz CT molecular complexity index is 592. The lowest BCUT2D eigenvalue weighted by molar-refractivity contribution is 0.0914. The van der Waals surface area contributed by atoms with Gasteiger partial charge in [0, 0.05) is 45.0 Å². The molecule has 0 radical (unpaired) electrons. The van der Waals surface area contributed by atoms with Gasteiger partial charge in [-0.25, -0.2) is 14.8 Å². The Morgan fingerprint density at radius 1 is 1.27 bits per heavy atom. The lowest BCUT2D eigenvalue weighted by Crippen LogP contribution is -2.53. The summed E-state index contributed by atoms with van der Waals surface area (Å²) in [6, 6.07) is 3.81. The van der Waals surface area contributed by atoms with Gasteiger partial charge in [-0.2, -0.15) is 0 Å². The van der Waals surface area contributed by atoms with Crippen LogP contribution in [0.5, 0.6) is 5.88 Å². The highest BCUT2D eigenvalue weighted by molar-refractivity contribution is 14.0. The molecule has 0 atom stereocenters. The highest BCUT2D eigenvalue weighted by atomic mass is 127. The first-order valence-electron chi connectivity index (χ1n) is 8.61. The summed E-state index contributed by atoms with van der Waals surface area (Å²) < 4.78 is 10.2. The van der Waals surface area contributed by atoms with E-state index < -0.39 is 0 Å². The molecule has 2 rings (SSSR count). The van der Waals surface area contributed by atoms with Gasteiger partial charge in [0.25, 0.3) is 0 Å². The van der Waals surface area contributed by atoms with Crippen molar-refractivity contribution in [2.24, 2.45) is 4.99 Å². The molecule has 9 heteroatoms. The van der Waals surface area contributed by atoms with E-state index in [4.69, 9.17) is 14.5 Å². The minimum atomic E-state index is -0.243. The number of piperazine rings is 1. The number of nitrogens with zero attached hydrogens (tertiary/aromatic N) is 4. The first kappa shape index (κ1) is 22.3. The van der Waals surface area contributed by atoms with E-state index in [-0.39, 0.29) is 30.1 Å². The van der Waals surface area contributed by atoms with E-state index in [1.807, 2.05) is 26.0 Å². The van der Waals surface area contributed by atoms with E-state index >= 15 is 0 Å². The van der Waals surface area contributed by atoms with Gasteiger partial charge in [-0.05, 0) is 25.5 Å². The first-order chi connectivity index (χ1) is 12.2. The molecule has 8 nitrogen and oxygen atoms in total. The van der Waals surface area contributed by atoms with Crippen molar-refractivity contribution >= 4 is 36.0 Å². The van der Waals surface area contributed by atoms with Crippen LogP contribution in [-0.2, 0) is 11.3 Å². The highest BCUT2D eigenvalue weighted by Gasteiger charge is 2.23. The molecule has 0 saturated carbocycles. The highest BCUT2D eigenvalue weighted by Crippen LogP contribution is 2.10. The summed E-state index contributed by atoms with van der Waals surface area (Å²) in [4.78, 5) is 24.5. The van der Waals surface area contributed by atoms with Crippen molar-refractivity contribution < 1.29 is 14.3 Å². The average molecular weight is 477 g/mol. The number of pyridine rings is 1. The van der Waals surface area contributed by atoms with Gasteiger partial charge in [0.2, 0.25) is 5.88 Å². The molecule has 0 aromatic carbocycles. The molecule has 0 bridgehead atoms. The molecule has 1 aliphatic heterocycles. The Labute approximate surface area is 172 Å². The zero-order chi connectivity index (χ0) is 18.1. The standard InChI is InChI=1S/C17H27N5O3.HI/c1-4-18-16(20-13-14-6-7-19-15(12-14)24-3)21-8-10-22(11-9-21)17(23)25-5-2;/h6-7,12H,4-5,8-11,13H2,1-3H3,(H,18,20);1H. The van der Waals surface area contributed by atoms with Crippen LogP contribution in [0.25, 0.3) is 0 Å². The second-order valence-electron chi connectivity index (χ2n) is 5.55. The normalized spacial score (nSPS) is 14.5. The molecule has 1 aromatic heterocycles. The summed E-state index contributed by atoms with van der Waals surface area (Å²) in [5.74, 6) is 1.43. The fraction of sp³-hybridized carbons (Fsp3) is 0.588. The number of aromatic nitrogens is 1. The number of hydrogen-bond donors (Lipinski definition) is 1. The third-order valence-corrected chi connectivity index (χ3v) is 3.86. The third kappa shape index (κ3) is 6.50. The Morgan fingerprint density at radius 2 is 1.96 bits per heavy atom. The Morgan fingerprint density at radius 3 is 2.58 bits per heavy atom. The number of ether oxygens (including phenoxy) is 2. The van der Waals surface area contributed by atoms with E-state index in [9.17, 15) is 4.79 Å². The largest absolute Gasteiger partial charge is 0.481 e. The molecule has 146 valence electrons. The number of nitrogens with one attached hydrogen (secondary N) is 1. The molecule has 2 heterocycles. The van der Waals surface area contributed by atoms with Crippen molar-refractivity contribution in [2.45, 2.75) is 20.4 Å². The van der Waals surface area contributed by atoms with Crippen LogP contribution < -0.4 is 10.1 Å². The summed E-state index contributed by atoms with van der Waals surface area (Å²) in [6.07, 6.45) is 1.47. The van der Waals surface area contributed by atoms with Crippen LogP contribution in [0, 0.1) is 0 Å². The summed E-state index contributed by atoms with van der Waals surface area (Å²) in [7, 11) is 1.60. The molecule has 0 spiro atoms. The molecular weight excluding hydrogens is 449 g/mol. The maximum atomic E-state index is 11.8. The number of carbonyl (C=O) groups is 1. The number of halogens is 1. The van der Waals surface area contributed by atoms with Crippen LogP contribution in [0.2, 0.25) is 0 Å². The van der Waals surface area contributed by atoms with E-state index in [1.54, 1.807) is 18.2 Å². The van der Waals surface area contributed by atoms with Gasteiger partial charge in [0.1, 0.15) is 0 Å². The summed E-state index contributed by atoms with van der Waals surface area (Å²) in [5.41, 5.74) is 1.03. The van der Waals surface area contributed by atoms with Gasteiger partial charge in [0.05, 0.1) is 20.3 Å². The van der Waals surface area contributed by atoms with Crippen molar-refractivity contribution in [2.75, 3.05) is 46.4 Å². The molecule has 0 unspecified atom stereocenters. The molecule has 1 fully saturated rings. The topological polar surface area (TPSA) is 79.3 Å². The summed E-state index contributed by atoms with van der Waals surface area (Å²) in [6.45, 7) is 8.31. The monoisotopic (exact) mass is 477 g/mol. The zero-order valence-corrected chi connectivity index (χ0v) is 17.9. The lowest BCUT2D eigenvalue weighted by atomic mass is 10.2. The van der Waals surface area contributed by atoms with Crippen LogP contribution >= 0.6 is 24.0 Å². The number of carbonyl (C=O) groups excluding carboxylic acids is 1. The number of hydrogen-bond acceptors (Lipinski definition) is 5. The van der Waals surface area contributed by atoms with E-state index in [0.717, 1.165) is 31.2 Å². The molecule has 1 N–H and O–H groups in total. The molecule has 1 saturated heterocycles. The van der Waals surface area contributed by atoms with Crippen molar-refractivity contribution in [3.63, 3.8) is 0 Å². The molecule has 1 amide bonds. The Balaban J connectivity index is 0.00000338. The predicted octanol–water partition coefficient (Wildman–Crippen LogP) is 1.95. The Hall–Kier alpha value is -1.78. The summed E-state index contributed by atoms with van der Waals surface area (Å²) in [5, 5.41) is 3.31. The van der Waals surface area contributed by atoms with E-state index in [2.05, 4.69) is 15.2 Å². The second kappa shape index (κ2) is 11.8. The number of guanidine groups is 1. The van der Waals surface area contributed by atoms with Crippen LogP contribution in [0.1, 0.15) is 19.4 Å². The van der Waals surface area contributed by atoms with Gasteiger partial charge in [-0.1, -0.05) is 0 Å². The number of methoxy groups -OCH3 is 1.